The van der Waals surface area contributed by atoms with E-state index >= 15 is 0 Å². The number of nitrogens with zero attached hydrogens (tertiary/aromatic N) is 2. The van der Waals surface area contributed by atoms with E-state index in [0.29, 0.717) is 11.6 Å². The lowest BCUT2D eigenvalue weighted by molar-refractivity contribution is 0.0938. The molecule has 0 atom stereocenters. The molecule has 3 rings (SSSR count). The Labute approximate surface area is 130 Å². The van der Waals surface area contributed by atoms with E-state index in [4.69, 9.17) is 0 Å². The molecular weight excluding hydrogens is 299 g/mol. The van der Waals surface area contributed by atoms with Gasteiger partial charge in [0.1, 0.15) is 11.3 Å². The van der Waals surface area contributed by atoms with Gasteiger partial charge in [0.15, 0.2) is 0 Å². The Hall–Kier alpha value is -1.30. The first-order valence-corrected chi connectivity index (χ1v) is 6.16. The van der Waals surface area contributed by atoms with Crippen molar-refractivity contribution >= 4 is 36.4 Å². The van der Waals surface area contributed by atoms with Crippen LogP contribution < -0.4 is 10.6 Å². The van der Waals surface area contributed by atoms with Gasteiger partial charge in [0.05, 0.1) is 0 Å². The number of rotatable bonds is 3. The number of nitrogens with one attached hydrogen (secondary N) is 2. The molecule has 2 N–H and O–H groups in total. The minimum absolute atomic E-state index is 0. The number of fused-ring (bicyclic) bond motifs is 1. The van der Waals surface area contributed by atoms with Crippen molar-refractivity contribution in [1.29, 1.82) is 0 Å². The molecular formula is C13H18Cl2N4O. The Morgan fingerprint density at radius 1 is 1.50 bits per heavy atom. The summed E-state index contributed by atoms with van der Waals surface area (Å²) in [5.41, 5.74) is 2.43. The van der Waals surface area contributed by atoms with Gasteiger partial charge in [-0.3, -0.25) is 4.79 Å². The SMILES string of the molecule is Cc1ccn2cc(C(=O)NCC3CNC3)nc2c1.Cl.Cl. The van der Waals surface area contributed by atoms with Crippen LogP contribution in [0.5, 0.6) is 0 Å². The van der Waals surface area contributed by atoms with Gasteiger partial charge in [-0.15, -0.1) is 24.8 Å². The lowest BCUT2D eigenvalue weighted by Gasteiger charge is -2.26. The predicted octanol–water partition coefficient (Wildman–Crippen LogP) is 1.44. The fraction of sp³-hybridized carbons (Fsp3) is 0.385. The highest BCUT2D eigenvalue weighted by molar-refractivity contribution is 5.92. The van der Waals surface area contributed by atoms with Crippen LogP contribution in [0.4, 0.5) is 0 Å². The van der Waals surface area contributed by atoms with Crippen LogP contribution in [0, 0.1) is 12.8 Å². The molecule has 0 saturated carbocycles. The van der Waals surface area contributed by atoms with Gasteiger partial charge in [0.25, 0.3) is 5.91 Å². The van der Waals surface area contributed by atoms with Gasteiger partial charge in [-0.25, -0.2) is 4.98 Å². The van der Waals surface area contributed by atoms with Crippen molar-refractivity contribution in [3.05, 3.63) is 35.8 Å². The molecule has 2 aromatic rings. The average molecular weight is 317 g/mol. The maximum atomic E-state index is 11.9. The number of aryl methyl sites for hydroxylation is 1. The van der Waals surface area contributed by atoms with Crippen LogP contribution in [-0.4, -0.2) is 34.9 Å². The number of carbonyl (C=O) groups is 1. The molecule has 1 aliphatic rings. The summed E-state index contributed by atoms with van der Waals surface area (Å²) in [4.78, 5) is 16.3. The van der Waals surface area contributed by atoms with Crippen LogP contribution in [0.1, 0.15) is 16.1 Å². The van der Waals surface area contributed by atoms with Gasteiger partial charge in [-0.05, 0) is 24.6 Å². The summed E-state index contributed by atoms with van der Waals surface area (Å²) in [7, 11) is 0. The van der Waals surface area contributed by atoms with Crippen LogP contribution in [0.2, 0.25) is 0 Å². The van der Waals surface area contributed by atoms with Gasteiger partial charge in [-0.2, -0.15) is 0 Å². The van der Waals surface area contributed by atoms with Crippen molar-refractivity contribution in [2.45, 2.75) is 6.92 Å². The average Bonchev–Trinajstić information content (AvgIpc) is 2.69. The third-order valence-corrected chi connectivity index (χ3v) is 3.27. The van der Waals surface area contributed by atoms with E-state index in [0.717, 1.165) is 30.8 Å². The zero-order valence-corrected chi connectivity index (χ0v) is 12.8. The van der Waals surface area contributed by atoms with Gasteiger partial charge < -0.3 is 15.0 Å². The normalized spacial score (nSPS) is 14.1. The smallest absolute Gasteiger partial charge is 0.271 e. The first-order valence-electron chi connectivity index (χ1n) is 6.16. The zero-order chi connectivity index (χ0) is 12.5. The van der Waals surface area contributed by atoms with E-state index in [9.17, 15) is 4.79 Å². The maximum Gasteiger partial charge on any atom is 0.271 e. The Kier molecular flexibility index (Phi) is 5.80. The number of hydrogen-bond donors (Lipinski definition) is 2. The number of halogens is 2. The zero-order valence-electron chi connectivity index (χ0n) is 11.1. The summed E-state index contributed by atoms with van der Waals surface area (Å²) in [5.74, 6) is 0.469. The number of carbonyl (C=O) groups excluding carboxylic acids is 1. The first-order chi connectivity index (χ1) is 8.72. The van der Waals surface area contributed by atoms with Crippen LogP contribution in [0.3, 0.4) is 0 Å². The summed E-state index contributed by atoms with van der Waals surface area (Å²) in [5, 5.41) is 6.10. The van der Waals surface area contributed by atoms with Crippen molar-refractivity contribution in [3.63, 3.8) is 0 Å². The van der Waals surface area contributed by atoms with Gasteiger partial charge >= 0.3 is 0 Å². The molecule has 20 heavy (non-hydrogen) atoms. The van der Waals surface area contributed by atoms with E-state index < -0.39 is 0 Å². The Morgan fingerprint density at radius 3 is 2.90 bits per heavy atom. The lowest BCUT2D eigenvalue weighted by Crippen LogP contribution is -2.48. The summed E-state index contributed by atoms with van der Waals surface area (Å²) < 4.78 is 1.87. The van der Waals surface area contributed by atoms with Crippen molar-refractivity contribution in [2.75, 3.05) is 19.6 Å². The van der Waals surface area contributed by atoms with E-state index in [1.807, 2.05) is 29.7 Å². The minimum atomic E-state index is -0.0942. The summed E-state index contributed by atoms with van der Waals surface area (Å²) in [6.07, 6.45) is 3.69. The van der Waals surface area contributed by atoms with E-state index in [1.165, 1.54) is 0 Å². The number of amides is 1. The fourth-order valence-electron chi connectivity index (χ4n) is 2.01. The van der Waals surface area contributed by atoms with E-state index in [1.54, 1.807) is 6.20 Å². The quantitative estimate of drug-likeness (QED) is 0.900. The molecule has 1 amide bonds. The molecule has 2 aromatic heterocycles. The number of hydrogen-bond acceptors (Lipinski definition) is 3. The summed E-state index contributed by atoms with van der Waals surface area (Å²) in [6.45, 7) is 4.71. The second kappa shape index (κ2) is 6.92. The number of aromatic nitrogens is 2. The highest BCUT2D eigenvalue weighted by Gasteiger charge is 2.18. The largest absolute Gasteiger partial charge is 0.350 e. The van der Waals surface area contributed by atoms with Crippen molar-refractivity contribution in [2.24, 2.45) is 5.92 Å². The maximum absolute atomic E-state index is 11.9. The molecule has 1 aliphatic heterocycles. The van der Waals surface area contributed by atoms with E-state index in [2.05, 4.69) is 15.6 Å². The van der Waals surface area contributed by atoms with Crippen molar-refractivity contribution < 1.29 is 4.79 Å². The predicted molar refractivity (Wildman–Crippen MR) is 83.1 cm³/mol. The third-order valence-electron chi connectivity index (χ3n) is 3.27. The van der Waals surface area contributed by atoms with E-state index in [-0.39, 0.29) is 30.7 Å². The second-order valence-electron chi connectivity index (χ2n) is 4.83. The van der Waals surface area contributed by atoms with Gasteiger partial charge in [0.2, 0.25) is 0 Å². The summed E-state index contributed by atoms with van der Waals surface area (Å²) >= 11 is 0. The Morgan fingerprint density at radius 2 is 2.25 bits per heavy atom. The van der Waals surface area contributed by atoms with Crippen LogP contribution in [0.15, 0.2) is 24.5 Å². The third kappa shape index (κ3) is 3.42. The molecule has 0 aromatic carbocycles. The monoisotopic (exact) mass is 316 g/mol. The molecule has 0 spiro atoms. The Balaban J connectivity index is 0.000001000. The first kappa shape index (κ1) is 16.8. The standard InChI is InChI=1S/C13H16N4O.2ClH/c1-9-2-3-17-8-11(16-12(17)4-9)13(18)15-7-10-5-14-6-10;;/h2-4,8,10,14H,5-7H2,1H3,(H,15,18);2*1H. The van der Waals surface area contributed by atoms with Crippen LogP contribution in [-0.2, 0) is 0 Å². The highest BCUT2D eigenvalue weighted by Crippen LogP contribution is 2.08. The fourth-order valence-corrected chi connectivity index (χ4v) is 2.01. The van der Waals surface area contributed by atoms with Gasteiger partial charge in [-0.1, -0.05) is 0 Å². The molecule has 0 unspecified atom stereocenters. The lowest BCUT2D eigenvalue weighted by atomic mass is 10.0. The summed E-state index contributed by atoms with van der Waals surface area (Å²) in [6, 6.07) is 3.96. The number of pyridine rings is 1. The molecule has 5 nitrogen and oxygen atoms in total. The molecule has 0 radical (unpaired) electrons. The minimum Gasteiger partial charge on any atom is -0.350 e. The molecule has 1 saturated heterocycles. The van der Waals surface area contributed by atoms with Crippen LogP contribution in [0.25, 0.3) is 5.65 Å². The topological polar surface area (TPSA) is 58.4 Å². The van der Waals surface area contributed by atoms with Crippen molar-refractivity contribution in [3.8, 4) is 0 Å². The molecule has 3 heterocycles. The molecule has 1 fully saturated rings. The Bertz CT molecular complexity index is 595. The van der Waals surface area contributed by atoms with Crippen LogP contribution >= 0.6 is 24.8 Å². The highest BCUT2D eigenvalue weighted by atomic mass is 35.5. The number of imidazole rings is 1. The second-order valence-corrected chi connectivity index (χ2v) is 4.83. The molecule has 7 heteroatoms. The molecule has 0 aliphatic carbocycles. The van der Waals surface area contributed by atoms with Crippen molar-refractivity contribution in [1.82, 2.24) is 20.0 Å². The molecule has 0 bridgehead atoms. The molecule has 110 valence electrons. The van der Waals surface area contributed by atoms with Gasteiger partial charge in [0, 0.05) is 37.9 Å².